The summed E-state index contributed by atoms with van der Waals surface area (Å²) in [5.74, 6) is -46.6. The van der Waals surface area contributed by atoms with Gasteiger partial charge in [0.05, 0.1) is 6.10 Å². The van der Waals surface area contributed by atoms with Crippen molar-refractivity contribution in [3.05, 3.63) is 35.4 Å². The largest absolute Gasteiger partial charge is 0.460 e. The summed E-state index contributed by atoms with van der Waals surface area (Å²) in [5.41, 5.74) is 0.0700. The third kappa shape index (κ3) is 5.23. The molecule has 0 heterocycles. The number of ether oxygens (including phenoxy) is 1. The SMILES string of the molecule is COC(CC(F)(F)C(F)(F)C(F)(F)C(F)(F)C(F)(F)C(F)(F)C(F)(F)F)c1cccc(CC(C)C)c1. The Hall–Kier alpha value is -1.87. The molecular formula is C20H19F15O. The summed E-state index contributed by atoms with van der Waals surface area (Å²) >= 11 is 0. The van der Waals surface area contributed by atoms with Crippen LogP contribution in [0.15, 0.2) is 24.3 Å². The molecule has 1 aromatic carbocycles. The minimum atomic E-state index is -8.30. The van der Waals surface area contributed by atoms with E-state index >= 15 is 0 Å². The van der Waals surface area contributed by atoms with Crippen LogP contribution < -0.4 is 0 Å². The fourth-order valence-electron chi connectivity index (χ4n) is 3.09. The highest BCUT2D eigenvalue weighted by atomic mass is 19.4. The van der Waals surface area contributed by atoms with Crippen molar-refractivity contribution in [2.24, 2.45) is 5.92 Å². The maximum absolute atomic E-state index is 14.3. The van der Waals surface area contributed by atoms with E-state index in [1.807, 2.05) is 0 Å². The molecule has 1 unspecified atom stereocenters. The monoisotopic (exact) mass is 560 g/mol. The van der Waals surface area contributed by atoms with Crippen LogP contribution in [0, 0.1) is 5.92 Å². The maximum atomic E-state index is 14.3. The Kier molecular flexibility index (Phi) is 8.74. The van der Waals surface area contributed by atoms with Gasteiger partial charge in [0.1, 0.15) is 0 Å². The number of halogens is 15. The molecule has 0 amide bonds. The van der Waals surface area contributed by atoms with Crippen molar-refractivity contribution in [2.75, 3.05) is 7.11 Å². The summed E-state index contributed by atoms with van der Waals surface area (Å²) in [6.45, 7) is 3.46. The van der Waals surface area contributed by atoms with Crippen molar-refractivity contribution >= 4 is 0 Å². The van der Waals surface area contributed by atoms with Crippen molar-refractivity contribution < 1.29 is 70.6 Å². The van der Waals surface area contributed by atoms with Gasteiger partial charge in [-0.3, -0.25) is 0 Å². The molecule has 0 spiro atoms. The Morgan fingerprint density at radius 3 is 1.53 bits per heavy atom. The van der Waals surface area contributed by atoms with Crippen molar-refractivity contribution in [3.63, 3.8) is 0 Å². The molecule has 1 aromatic rings. The summed E-state index contributed by atoms with van der Waals surface area (Å²) in [4.78, 5) is 0. The molecule has 1 nitrogen and oxygen atoms in total. The number of benzene rings is 1. The van der Waals surface area contributed by atoms with Gasteiger partial charge in [-0.05, 0) is 23.5 Å². The third-order valence-electron chi connectivity index (χ3n) is 5.09. The average Bonchev–Trinajstić information content (AvgIpc) is 2.70. The summed E-state index contributed by atoms with van der Waals surface area (Å²) in [6.07, 6.45) is -12.1. The topological polar surface area (TPSA) is 9.23 Å². The molecule has 0 saturated carbocycles. The molecule has 0 aromatic heterocycles. The van der Waals surface area contributed by atoms with Gasteiger partial charge in [-0.2, -0.15) is 65.9 Å². The standard InChI is InChI=1S/C20H19F15O/c1-10(2)7-11-5-4-6-12(8-11)13(36-3)9-14(21,22)15(23,24)16(25,26)17(27,28)18(29,30)19(31,32)20(33,34)35/h4-6,8,10,13H,7,9H2,1-3H3. The van der Waals surface area contributed by atoms with E-state index in [0.29, 0.717) is 19.1 Å². The van der Waals surface area contributed by atoms with E-state index in [-0.39, 0.29) is 11.5 Å². The average molecular weight is 560 g/mol. The Balaban J connectivity index is 3.48. The van der Waals surface area contributed by atoms with Gasteiger partial charge < -0.3 is 4.74 Å². The number of hydrogen-bond acceptors (Lipinski definition) is 1. The molecule has 0 aliphatic heterocycles. The molecule has 0 fully saturated rings. The Bertz CT molecular complexity index is 889. The lowest BCUT2D eigenvalue weighted by Gasteiger charge is -2.42. The van der Waals surface area contributed by atoms with Gasteiger partial charge in [-0.25, -0.2) is 0 Å². The Morgan fingerprint density at radius 1 is 0.667 bits per heavy atom. The van der Waals surface area contributed by atoms with Crippen LogP contribution in [-0.2, 0) is 11.2 Å². The first-order valence-corrected chi connectivity index (χ1v) is 9.77. The van der Waals surface area contributed by atoms with Crippen LogP contribution in [0.1, 0.15) is 37.5 Å². The first-order chi connectivity index (χ1) is 15.8. The number of methoxy groups -OCH3 is 1. The van der Waals surface area contributed by atoms with E-state index < -0.39 is 54.2 Å². The zero-order valence-corrected chi connectivity index (χ0v) is 18.5. The third-order valence-corrected chi connectivity index (χ3v) is 5.09. The van der Waals surface area contributed by atoms with Crippen molar-refractivity contribution in [2.45, 2.75) is 74.5 Å². The zero-order chi connectivity index (χ0) is 28.8. The van der Waals surface area contributed by atoms with Crippen molar-refractivity contribution in [1.29, 1.82) is 0 Å². The van der Waals surface area contributed by atoms with Gasteiger partial charge >= 0.3 is 41.7 Å². The van der Waals surface area contributed by atoms with Crippen LogP contribution in [0.4, 0.5) is 65.9 Å². The summed E-state index contributed by atoms with van der Waals surface area (Å²) in [6, 6.07) is 4.79. The van der Waals surface area contributed by atoms with E-state index in [9.17, 15) is 65.9 Å². The van der Waals surface area contributed by atoms with Crippen LogP contribution in [0.2, 0.25) is 0 Å². The lowest BCUT2D eigenvalue weighted by Crippen LogP contribution is -2.72. The molecule has 0 bridgehead atoms. The molecule has 36 heavy (non-hydrogen) atoms. The minimum absolute atomic E-state index is 0.00978. The van der Waals surface area contributed by atoms with Gasteiger partial charge in [0.15, 0.2) is 0 Å². The Morgan fingerprint density at radius 2 is 1.11 bits per heavy atom. The van der Waals surface area contributed by atoms with Gasteiger partial charge in [-0.1, -0.05) is 38.1 Å². The summed E-state index contributed by atoms with van der Waals surface area (Å²) < 4.78 is 205. The van der Waals surface area contributed by atoms with E-state index in [2.05, 4.69) is 4.74 Å². The zero-order valence-electron chi connectivity index (χ0n) is 18.5. The fraction of sp³-hybridized carbons (Fsp3) is 0.700. The van der Waals surface area contributed by atoms with Crippen LogP contribution in [0.25, 0.3) is 0 Å². The highest BCUT2D eigenvalue weighted by molar-refractivity contribution is 5.26. The van der Waals surface area contributed by atoms with Crippen LogP contribution in [0.3, 0.4) is 0 Å². The lowest BCUT2D eigenvalue weighted by molar-refractivity contribution is -0.453. The van der Waals surface area contributed by atoms with Crippen molar-refractivity contribution in [3.8, 4) is 0 Å². The molecule has 210 valence electrons. The van der Waals surface area contributed by atoms with E-state index in [1.54, 1.807) is 13.8 Å². The van der Waals surface area contributed by atoms with Gasteiger partial charge in [-0.15, -0.1) is 0 Å². The van der Waals surface area contributed by atoms with Crippen LogP contribution in [0.5, 0.6) is 0 Å². The molecule has 1 atom stereocenters. The smallest absolute Gasteiger partial charge is 0.377 e. The normalized spacial score (nSPS) is 16.0. The quantitative estimate of drug-likeness (QED) is 0.247. The second kappa shape index (κ2) is 9.78. The predicted octanol–water partition coefficient (Wildman–Crippen LogP) is 8.34. The summed E-state index contributed by atoms with van der Waals surface area (Å²) in [5, 5.41) is 0. The molecule has 16 heteroatoms. The molecule has 0 saturated heterocycles. The van der Waals surface area contributed by atoms with Gasteiger partial charge in [0.2, 0.25) is 0 Å². The van der Waals surface area contributed by atoms with E-state index in [4.69, 9.17) is 0 Å². The first-order valence-electron chi connectivity index (χ1n) is 9.77. The predicted molar refractivity (Wildman–Crippen MR) is 95.1 cm³/mol. The highest BCUT2D eigenvalue weighted by Crippen LogP contribution is 2.63. The van der Waals surface area contributed by atoms with Crippen LogP contribution >= 0.6 is 0 Å². The first kappa shape index (κ1) is 32.2. The minimum Gasteiger partial charge on any atom is -0.377 e. The molecule has 0 aliphatic rings. The van der Waals surface area contributed by atoms with Crippen molar-refractivity contribution in [1.82, 2.24) is 0 Å². The second-order valence-corrected chi connectivity index (χ2v) is 8.35. The number of alkyl halides is 15. The van der Waals surface area contributed by atoms with E-state index in [1.165, 1.54) is 12.1 Å². The molecule has 0 aliphatic carbocycles. The van der Waals surface area contributed by atoms with Gasteiger partial charge in [0.25, 0.3) is 0 Å². The molecular weight excluding hydrogens is 541 g/mol. The van der Waals surface area contributed by atoms with E-state index in [0.717, 1.165) is 12.1 Å². The summed E-state index contributed by atoms with van der Waals surface area (Å²) in [7, 11) is 0.624. The maximum Gasteiger partial charge on any atom is 0.460 e. The lowest BCUT2D eigenvalue weighted by atomic mass is 9.88. The number of hydrogen-bond donors (Lipinski definition) is 0. The Labute approximate surface area is 194 Å². The van der Waals surface area contributed by atoms with Gasteiger partial charge in [0, 0.05) is 13.5 Å². The molecule has 1 rings (SSSR count). The number of rotatable bonds is 11. The van der Waals surface area contributed by atoms with Crippen LogP contribution in [-0.4, -0.2) is 48.8 Å². The fourth-order valence-corrected chi connectivity index (χ4v) is 3.09. The highest BCUT2D eigenvalue weighted by Gasteiger charge is 2.93. The second-order valence-electron chi connectivity index (χ2n) is 8.35. The molecule has 0 radical (unpaired) electrons. The molecule has 0 N–H and O–H groups in total.